The molecule has 7 nitrogen and oxygen atoms in total. The van der Waals surface area contributed by atoms with Gasteiger partial charge in [-0.1, -0.05) is 12.1 Å². The highest BCUT2D eigenvalue weighted by atomic mass is 15.1. The minimum atomic E-state index is 0.320. The monoisotopic (exact) mass is 303 g/mol. The van der Waals surface area contributed by atoms with Crippen LogP contribution in [0.2, 0.25) is 0 Å². The van der Waals surface area contributed by atoms with Crippen molar-refractivity contribution in [3.63, 3.8) is 0 Å². The Morgan fingerprint density at radius 2 is 1.91 bits per heavy atom. The highest BCUT2D eigenvalue weighted by Gasteiger charge is 2.12. The summed E-state index contributed by atoms with van der Waals surface area (Å²) < 4.78 is 0. The standard InChI is InChI=1S/C16H13N7/c17-15-14(16-21-11-5-1-2-6-12(11)22-16)23-13(9-19-15)20-10-4-3-7-18-8-10/h1-9H,(H2,17,19)(H,20,23)(H,21,22). The fraction of sp³-hybridized carbons (Fsp3) is 0. The van der Waals surface area contributed by atoms with Crippen molar-refractivity contribution >= 4 is 28.4 Å². The minimum absolute atomic E-state index is 0.320. The van der Waals surface area contributed by atoms with Crippen molar-refractivity contribution < 1.29 is 0 Å². The summed E-state index contributed by atoms with van der Waals surface area (Å²) in [6.45, 7) is 0. The average Bonchev–Trinajstić information content (AvgIpc) is 3.01. The Labute approximate surface area is 131 Å². The molecule has 0 aliphatic carbocycles. The van der Waals surface area contributed by atoms with Crippen molar-refractivity contribution in [2.45, 2.75) is 0 Å². The van der Waals surface area contributed by atoms with Crippen LogP contribution in [0.5, 0.6) is 0 Å². The van der Waals surface area contributed by atoms with Crippen LogP contribution >= 0.6 is 0 Å². The third kappa shape index (κ3) is 2.55. The summed E-state index contributed by atoms with van der Waals surface area (Å²) in [6, 6.07) is 11.5. The van der Waals surface area contributed by atoms with Crippen LogP contribution in [-0.4, -0.2) is 24.9 Å². The molecule has 4 N–H and O–H groups in total. The normalized spacial score (nSPS) is 10.8. The maximum absolute atomic E-state index is 5.96. The molecule has 0 atom stereocenters. The smallest absolute Gasteiger partial charge is 0.161 e. The predicted octanol–water partition coefficient (Wildman–Crippen LogP) is 2.74. The molecule has 23 heavy (non-hydrogen) atoms. The maximum Gasteiger partial charge on any atom is 0.161 e. The number of benzene rings is 1. The predicted molar refractivity (Wildman–Crippen MR) is 89.1 cm³/mol. The van der Waals surface area contributed by atoms with Crippen LogP contribution in [0.1, 0.15) is 0 Å². The van der Waals surface area contributed by atoms with E-state index in [-0.39, 0.29) is 0 Å². The molecule has 7 heteroatoms. The first kappa shape index (κ1) is 13.2. The van der Waals surface area contributed by atoms with Crippen molar-refractivity contribution in [2.24, 2.45) is 0 Å². The number of hydrogen-bond donors (Lipinski definition) is 3. The van der Waals surface area contributed by atoms with Gasteiger partial charge >= 0.3 is 0 Å². The molecular formula is C16H13N7. The van der Waals surface area contributed by atoms with Crippen molar-refractivity contribution in [2.75, 3.05) is 11.1 Å². The quantitative estimate of drug-likeness (QED) is 0.537. The van der Waals surface area contributed by atoms with Gasteiger partial charge < -0.3 is 16.0 Å². The fourth-order valence-corrected chi connectivity index (χ4v) is 2.28. The number of nitrogens with one attached hydrogen (secondary N) is 2. The zero-order valence-electron chi connectivity index (χ0n) is 12.1. The number of anilines is 3. The third-order valence-corrected chi connectivity index (χ3v) is 3.35. The Bertz CT molecular complexity index is 930. The topological polar surface area (TPSA) is 105 Å². The van der Waals surface area contributed by atoms with Crippen LogP contribution in [0, 0.1) is 0 Å². The Balaban J connectivity index is 1.74. The van der Waals surface area contributed by atoms with Gasteiger partial charge in [-0.3, -0.25) is 4.98 Å². The SMILES string of the molecule is Nc1ncc(Nc2cccnc2)nc1-c1nc2ccccc2[nH]1. The zero-order valence-corrected chi connectivity index (χ0v) is 12.1. The van der Waals surface area contributed by atoms with Gasteiger partial charge in [-0.2, -0.15) is 0 Å². The Kier molecular flexibility index (Phi) is 3.09. The molecular weight excluding hydrogens is 290 g/mol. The number of nitrogens with two attached hydrogens (primary N) is 1. The molecule has 0 bridgehead atoms. The van der Waals surface area contributed by atoms with Crippen LogP contribution in [0.15, 0.2) is 55.0 Å². The zero-order chi connectivity index (χ0) is 15.6. The van der Waals surface area contributed by atoms with E-state index in [1.165, 1.54) is 0 Å². The van der Waals surface area contributed by atoms with E-state index in [0.717, 1.165) is 16.7 Å². The molecule has 0 radical (unpaired) electrons. The molecule has 0 unspecified atom stereocenters. The van der Waals surface area contributed by atoms with E-state index in [1.807, 2.05) is 36.4 Å². The molecule has 0 aliphatic rings. The molecule has 112 valence electrons. The fourth-order valence-electron chi connectivity index (χ4n) is 2.28. The Morgan fingerprint density at radius 1 is 1.00 bits per heavy atom. The van der Waals surface area contributed by atoms with Gasteiger partial charge in [-0.05, 0) is 24.3 Å². The number of rotatable bonds is 3. The van der Waals surface area contributed by atoms with Crippen molar-refractivity contribution in [1.29, 1.82) is 0 Å². The first-order valence-corrected chi connectivity index (χ1v) is 7.04. The lowest BCUT2D eigenvalue weighted by molar-refractivity contribution is 1.17. The number of pyridine rings is 1. The van der Waals surface area contributed by atoms with Gasteiger partial charge in [0.1, 0.15) is 5.82 Å². The Morgan fingerprint density at radius 3 is 2.74 bits per heavy atom. The number of H-pyrrole nitrogens is 1. The number of aromatic nitrogens is 5. The molecule has 0 spiro atoms. The number of nitrogens with zero attached hydrogens (tertiary/aromatic N) is 4. The second kappa shape index (κ2) is 5.38. The minimum Gasteiger partial charge on any atom is -0.382 e. The second-order valence-corrected chi connectivity index (χ2v) is 4.96. The lowest BCUT2D eigenvalue weighted by Crippen LogP contribution is -2.02. The number of nitrogen functional groups attached to an aromatic ring is 1. The summed E-state index contributed by atoms with van der Waals surface area (Å²) in [4.78, 5) is 20.5. The van der Waals surface area contributed by atoms with E-state index < -0.39 is 0 Å². The van der Waals surface area contributed by atoms with Gasteiger partial charge in [-0.15, -0.1) is 0 Å². The van der Waals surface area contributed by atoms with Gasteiger partial charge in [-0.25, -0.2) is 15.0 Å². The maximum atomic E-state index is 5.96. The Hall–Kier alpha value is -3.48. The molecule has 0 fully saturated rings. The van der Waals surface area contributed by atoms with Gasteiger partial charge in [0.2, 0.25) is 0 Å². The van der Waals surface area contributed by atoms with Crippen molar-refractivity contribution in [3.8, 4) is 11.5 Å². The molecule has 3 aromatic heterocycles. The first-order valence-electron chi connectivity index (χ1n) is 7.04. The van der Waals surface area contributed by atoms with E-state index in [4.69, 9.17) is 5.73 Å². The molecule has 1 aromatic carbocycles. The van der Waals surface area contributed by atoms with E-state index in [2.05, 4.69) is 30.2 Å². The molecule has 3 heterocycles. The van der Waals surface area contributed by atoms with Crippen LogP contribution in [-0.2, 0) is 0 Å². The summed E-state index contributed by atoms with van der Waals surface area (Å²) in [6.07, 6.45) is 4.99. The lowest BCUT2D eigenvalue weighted by atomic mass is 10.3. The number of fused-ring (bicyclic) bond motifs is 1. The van der Waals surface area contributed by atoms with E-state index in [1.54, 1.807) is 18.6 Å². The lowest BCUT2D eigenvalue weighted by Gasteiger charge is -2.07. The molecule has 0 aliphatic heterocycles. The van der Waals surface area contributed by atoms with Gasteiger partial charge in [0.25, 0.3) is 0 Å². The summed E-state index contributed by atoms with van der Waals surface area (Å²) in [5.74, 6) is 1.48. The first-order chi connectivity index (χ1) is 11.3. The summed E-state index contributed by atoms with van der Waals surface area (Å²) >= 11 is 0. The highest BCUT2D eigenvalue weighted by molar-refractivity contribution is 5.80. The molecule has 0 amide bonds. The number of imidazole rings is 1. The largest absolute Gasteiger partial charge is 0.382 e. The van der Waals surface area contributed by atoms with Crippen molar-refractivity contribution in [1.82, 2.24) is 24.9 Å². The number of hydrogen-bond acceptors (Lipinski definition) is 6. The highest BCUT2D eigenvalue weighted by Crippen LogP contribution is 2.24. The van der Waals surface area contributed by atoms with E-state index in [0.29, 0.717) is 23.2 Å². The molecule has 4 aromatic rings. The van der Waals surface area contributed by atoms with E-state index >= 15 is 0 Å². The average molecular weight is 303 g/mol. The summed E-state index contributed by atoms with van der Waals surface area (Å²) in [5, 5.41) is 3.14. The van der Waals surface area contributed by atoms with E-state index in [9.17, 15) is 0 Å². The third-order valence-electron chi connectivity index (χ3n) is 3.35. The number of para-hydroxylation sites is 2. The number of aromatic amines is 1. The second-order valence-electron chi connectivity index (χ2n) is 4.96. The molecule has 0 saturated carbocycles. The molecule has 0 saturated heterocycles. The van der Waals surface area contributed by atoms with Crippen molar-refractivity contribution in [3.05, 3.63) is 55.0 Å². The van der Waals surface area contributed by atoms with Gasteiger partial charge in [0, 0.05) is 6.20 Å². The van der Waals surface area contributed by atoms with Crippen LogP contribution in [0.25, 0.3) is 22.6 Å². The van der Waals surface area contributed by atoms with Gasteiger partial charge in [0.05, 0.1) is 29.1 Å². The van der Waals surface area contributed by atoms with Crippen LogP contribution in [0.4, 0.5) is 17.3 Å². The summed E-state index contributed by atoms with van der Waals surface area (Å²) in [5.41, 5.74) is 9.07. The van der Waals surface area contributed by atoms with Crippen LogP contribution < -0.4 is 11.1 Å². The summed E-state index contributed by atoms with van der Waals surface area (Å²) in [7, 11) is 0. The van der Waals surface area contributed by atoms with Gasteiger partial charge in [0.15, 0.2) is 17.3 Å². The molecule has 4 rings (SSSR count). The van der Waals surface area contributed by atoms with Crippen LogP contribution in [0.3, 0.4) is 0 Å².